The van der Waals surface area contributed by atoms with Crippen LogP contribution in [-0.2, 0) is 4.79 Å². The molecule has 0 saturated heterocycles. The molecule has 1 unspecified atom stereocenters. The Morgan fingerprint density at radius 1 is 1.03 bits per heavy atom. The van der Waals surface area contributed by atoms with Gasteiger partial charge in [0.15, 0.2) is 5.69 Å². The topological polar surface area (TPSA) is 135 Å². The number of nitrogens with one attached hydrogen (secondary N) is 1. The first-order valence-electron chi connectivity index (χ1n) is 12.7. The molecule has 200 valence electrons. The Kier molecular flexibility index (Phi) is 8.31. The van der Waals surface area contributed by atoms with Crippen molar-refractivity contribution in [2.75, 3.05) is 29.6 Å². The minimum absolute atomic E-state index is 0.0456. The van der Waals surface area contributed by atoms with Crippen molar-refractivity contribution in [3.05, 3.63) is 70.2 Å². The van der Waals surface area contributed by atoms with Crippen LogP contribution in [0, 0.1) is 6.92 Å². The Balaban J connectivity index is 1.84. The van der Waals surface area contributed by atoms with Gasteiger partial charge in [0.25, 0.3) is 11.8 Å². The number of nitrogens with two attached hydrogens (primary N) is 2. The first-order valence-corrected chi connectivity index (χ1v) is 13.5. The maximum absolute atomic E-state index is 14.2. The molecule has 2 aromatic carbocycles. The molecule has 4 rings (SSSR count). The molecule has 9 nitrogen and oxygen atoms in total. The maximum atomic E-state index is 14.2. The van der Waals surface area contributed by atoms with E-state index in [1.807, 2.05) is 68.4 Å². The average Bonchev–Trinajstić information content (AvgIpc) is 3.29. The monoisotopic (exact) mass is 534 g/mol. The molecule has 1 fully saturated rings. The number of anilines is 3. The number of benzene rings is 2. The van der Waals surface area contributed by atoms with Gasteiger partial charge in [-0.2, -0.15) is 4.37 Å². The van der Waals surface area contributed by atoms with Crippen LogP contribution in [0.5, 0.6) is 0 Å². The number of nitrogens with zero attached hydrogens (tertiary/aromatic N) is 3. The number of carbonyl (C=O) groups is 3. The van der Waals surface area contributed by atoms with Gasteiger partial charge >= 0.3 is 0 Å². The van der Waals surface area contributed by atoms with Gasteiger partial charge in [-0.15, -0.1) is 0 Å². The molecule has 5 N–H and O–H groups in total. The van der Waals surface area contributed by atoms with Gasteiger partial charge in [0.2, 0.25) is 5.91 Å². The molecule has 0 radical (unpaired) electrons. The number of amides is 3. The van der Waals surface area contributed by atoms with Crippen LogP contribution in [0.4, 0.5) is 17.1 Å². The van der Waals surface area contributed by atoms with Gasteiger partial charge in [0.05, 0.1) is 5.69 Å². The normalized spacial score (nSPS) is 14.5. The van der Waals surface area contributed by atoms with Crippen molar-refractivity contribution >= 4 is 46.3 Å². The Morgan fingerprint density at radius 2 is 1.71 bits per heavy atom. The number of carbonyl (C=O) groups excluding carboxylic acids is 3. The zero-order valence-electron chi connectivity index (χ0n) is 21.9. The van der Waals surface area contributed by atoms with Crippen molar-refractivity contribution in [3.8, 4) is 0 Å². The zero-order valence-corrected chi connectivity index (χ0v) is 22.8. The summed E-state index contributed by atoms with van der Waals surface area (Å²) in [4.78, 5) is 43.5. The highest BCUT2D eigenvalue weighted by atomic mass is 32.1. The minimum atomic E-state index is -0.985. The molecule has 1 aromatic heterocycles. The highest BCUT2D eigenvalue weighted by Crippen LogP contribution is 2.34. The molecule has 0 bridgehead atoms. The summed E-state index contributed by atoms with van der Waals surface area (Å²) in [5.74, 6) is -1.62. The van der Waals surface area contributed by atoms with Crippen LogP contribution in [0.1, 0.15) is 69.4 Å². The van der Waals surface area contributed by atoms with Crippen LogP contribution in [0.2, 0.25) is 0 Å². The second kappa shape index (κ2) is 11.6. The van der Waals surface area contributed by atoms with Gasteiger partial charge in [-0.25, -0.2) is 0 Å². The third kappa shape index (κ3) is 5.80. The number of nitrogen functional groups attached to an aromatic ring is 1. The molecule has 1 atom stereocenters. The summed E-state index contributed by atoms with van der Waals surface area (Å²) in [7, 11) is 3.88. The molecule has 38 heavy (non-hydrogen) atoms. The lowest BCUT2D eigenvalue weighted by atomic mass is 9.94. The van der Waals surface area contributed by atoms with Gasteiger partial charge in [0, 0.05) is 31.5 Å². The van der Waals surface area contributed by atoms with Gasteiger partial charge in [0.1, 0.15) is 10.9 Å². The Bertz CT molecular complexity index is 1310. The quantitative estimate of drug-likeness (QED) is 0.399. The third-order valence-corrected chi connectivity index (χ3v) is 7.69. The Hall–Kier alpha value is -3.92. The summed E-state index contributed by atoms with van der Waals surface area (Å²) in [6.07, 6.45) is 5.07. The van der Waals surface area contributed by atoms with Crippen molar-refractivity contribution in [2.24, 2.45) is 5.73 Å². The second-order valence-corrected chi connectivity index (χ2v) is 10.7. The minimum Gasteiger partial charge on any atom is -0.395 e. The van der Waals surface area contributed by atoms with Crippen LogP contribution in [0.15, 0.2) is 48.5 Å². The van der Waals surface area contributed by atoms with Gasteiger partial charge < -0.3 is 21.7 Å². The number of rotatable bonds is 8. The van der Waals surface area contributed by atoms with E-state index >= 15 is 0 Å². The summed E-state index contributed by atoms with van der Waals surface area (Å²) in [5, 5.41) is 3.20. The SMILES string of the molecule is Cc1cccc(N(C(=O)c2snc(C(N)=O)c2N)C(C(=O)NC2CCCCC2)c2ccc(N(C)C)cc2)c1. The maximum Gasteiger partial charge on any atom is 0.273 e. The first-order chi connectivity index (χ1) is 18.2. The molecule has 1 aliphatic rings. The van der Waals surface area contributed by atoms with Crippen LogP contribution < -0.4 is 26.6 Å². The van der Waals surface area contributed by atoms with E-state index in [4.69, 9.17) is 11.5 Å². The lowest BCUT2D eigenvalue weighted by Crippen LogP contribution is -2.47. The fourth-order valence-electron chi connectivity index (χ4n) is 4.80. The summed E-state index contributed by atoms with van der Waals surface area (Å²) in [6.45, 7) is 1.92. The summed E-state index contributed by atoms with van der Waals surface area (Å²) < 4.78 is 4.02. The Labute approximate surface area is 227 Å². The molecule has 10 heteroatoms. The van der Waals surface area contributed by atoms with Gasteiger partial charge in [-0.1, -0.05) is 43.5 Å². The van der Waals surface area contributed by atoms with Crippen molar-refractivity contribution in [1.82, 2.24) is 9.69 Å². The first kappa shape index (κ1) is 27.1. The van der Waals surface area contributed by atoms with E-state index in [2.05, 4.69) is 9.69 Å². The molecule has 0 spiro atoms. The van der Waals surface area contributed by atoms with Gasteiger partial charge in [-0.3, -0.25) is 19.3 Å². The summed E-state index contributed by atoms with van der Waals surface area (Å²) >= 11 is 0.801. The van der Waals surface area contributed by atoms with Crippen molar-refractivity contribution in [2.45, 2.75) is 51.1 Å². The Morgan fingerprint density at radius 3 is 2.29 bits per heavy atom. The van der Waals surface area contributed by atoms with E-state index in [1.54, 1.807) is 6.07 Å². The van der Waals surface area contributed by atoms with Crippen LogP contribution in [-0.4, -0.2) is 42.2 Å². The predicted octanol–water partition coefficient (Wildman–Crippen LogP) is 4.04. The lowest BCUT2D eigenvalue weighted by Gasteiger charge is -2.33. The third-order valence-electron chi connectivity index (χ3n) is 6.84. The zero-order chi connectivity index (χ0) is 27.4. The fraction of sp³-hybridized carbons (Fsp3) is 0.357. The standard InChI is InChI=1S/C28H34N6O3S/c1-17-8-7-11-21(16-17)34(28(37)25-22(29)23(26(30)35)32-38-25)24(18-12-14-20(15-13-18)33(2)3)27(36)31-19-9-5-4-6-10-19/h7-8,11-16,19,24H,4-6,9-10,29H2,1-3H3,(H2,30,35)(H,31,36). The molecule has 1 saturated carbocycles. The van der Waals surface area contributed by atoms with Crippen LogP contribution in [0.25, 0.3) is 0 Å². The highest BCUT2D eigenvalue weighted by Gasteiger charge is 2.37. The lowest BCUT2D eigenvalue weighted by molar-refractivity contribution is -0.123. The summed E-state index contributed by atoms with van der Waals surface area (Å²) in [5.41, 5.74) is 14.4. The van der Waals surface area contributed by atoms with E-state index < -0.39 is 17.9 Å². The number of hydrogen-bond donors (Lipinski definition) is 3. The molecule has 3 aromatic rings. The van der Waals surface area contributed by atoms with E-state index in [0.29, 0.717) is 11.3 Å². The second-order valence-electron chi connectivity index (χ2n) is 9.88. The van der Waals surface area contributed by atoms with E-state index in [9.17, 15) is 14.4 Å². The molecular weight excluding hydrogens is 500 g/mol. The van der Waals surface area contributed by atoms with Crippen molar-refractivity contribution in [3.63, 3.8) is 0 Å². The van der Waals surface area contributed by atoms with E-state index in [-0.39, 0.29) is 28.2 Å². The number of hydrogen-bond acceptors (Lipinski definition) is 7. The molecule has 0 aliphatic heterocycles. The van der Waals surface area contributed by atoms with E-state index in [1.165, 1.54) is 4.90 Å². The molecule has 1 heterocycles. The number of aryl methyl sites for hydroxylation is 1. The largest absolute Gasteiger partial charge is 0.395 e. The predicted molar refractivity (Wildman–Crippen MR) is 152 cm³/mol. The van der Waals surface area contributed by atoms with E-state index in [0.717, 1.165) is 54.9 Å². The van der Waals surface area contributed by atoms with Crippen molar-refractivity contribution < 1.29 is 14.4 Å². The van der Waals surface area contributed by atoms with Crippen LogP contribution in [0.3, 0.4) is 0 Å². The summed E-state index contributed by atoms with van der Waals surface area (Å²) in [6, 6.07) is 14.0. The van der Waals surface area contributed by atoms with Gasteiger partial charge in [-0.05, 0) is 66.7 Å². The van der Waals surface area contributed by atoms with Crippen LogP contribution >= 0.6 is 11.5 Å². The molecule has 1 aliphatic carbocycles. The number of aromatic nitrogens is 1. The average molecular weight is 535 g/mol. The molecule has 3 amide bonds. The highest BCUT2D eigenvalue weighted by molar-refractivity contribution is 7.09. The molecular formula is C28H34N6O3S. The smallest absolute Gasteiger partial charge is 0.273 e. The number of primary amides is 1. The van der Waals surface area contributed by atoms with Crippen molar-refractivity contribution in [1.29, 1.82) is 0 Å². The fourth-order valence-corrected chi connectivity index (χ4v) is 5.54.